The number of rotatable bonds is 8. The van der Waals surface area contributed by atoms with Gasteiger partial charge >= 0.3 is 0 Å². The third-order valence-electron chi connectivity index (χ3n) is 4.43. The summed E-state index contributed by atoms with van der Waals surface area (Å²) in [7, 11) is 1.63. The molecule has 6 nitrogen and oxygen atoms in total. The number of thioether (sulfide) groups is 1. The molecule has 1 amide bonds. The van der Waals surface area contributed by atoms with Gasteiger partial charge < -0.3 is 10.1 Å². The van der Waals surface area contributed by atoms with Crippen molar-refractivity contribution in [3.05, 3.63) is 53.0 Å². The van der Waals surface area contributed by atoms with Crippen LogP contribution in [0.15, 0.2) is 46.8 Å². The highest BCUT2D eigenvalue weighted by Crippen LogP contribution is 2.29. The fourth-order valence-corrected chi connectivity index (χ4v) is 4.47. The molecule has 2 heterocycles. The van der Waals surface area contributed by atoms with E-state index in [0.717, 1.165) is 29.1 Å². The van der Waals surface area contributed by atoms with Gasteiger partial charge in [-0.1, -0.05) is 25.6 Å². The smallest absolute Gasteiger partial charge is 0.239 e. The molecular formula is C23H24N4O2S2. The lowest BCUT2D eigenvalue weighted by molar-refractivity contribution is -0.115. The molecule has 0 radical (unpaired) electrons. The summed E-state index contributed by atoms with van der Waals surface area (Å²) in [5, 5.41) is 14.9. The minimum atomic E-state index is -0.428. The van der Waals surface area contributed by atoms with E-state index in [1.54, 1.807) is 20.1 Å². The largest absolute Gasteiger partial charge is 0.497 e. The fraction of sp³-hybridized carbons (Fsp3) is 0.304. The third kappa shape index (κ3) is 6.06. The number of nitriles is 1. The lowest BCUT2D eigenvalue weighted by Gasteiger charge is -2.12. The first kappa shape index (κ1) is 22.8. The normalized spacial score (nSPS) is 11.7. The minimum Gasteiger partial charge on any atom is -0.497 e. The molecule has 3 aromatic rings. The molecule has 0 saturated heterocycles. The van der Waals surface area contributed by atoms with Crippen LogP contribution in [-0.4, -0.2) is 28.2 Å². The molecule has 2 aromatic heterocycles. The number of hydrogen-bond acceptors (Lipinski definition) is 7. The molecule has 1 N–H and O–H groups in total. The van der Waals surface area contributed by atoms with Crippen molar-refractivity contribution < 1.29 is 9.53 Å². The predicted molar refractivity (Wildman–Crippen MR) is 126 cm³/mol. The molecule has 0 bridgehead atoms. The highest BCUT2D eigenvalue weighted by molar-refractivity contribution is 8.00. The molecule has 0 saturated carbocycles. The highest BCUT2D eigenvalue weighted by atomic mass is 32.2. The van der Waals surface area contributed by atoms with Gasteiger partial charge in [0.05, 0.1) is 23.6 Å². The first-order valence-electron chi connectivity index (χ1n) is 9.87. The number of aromatic nitrogens is 2. The summed E-state index contributed by atoms with van der Waals surface area (Å²) < 4.78 is 5.18. The first-order valence-corrected chi connectivity index (χ1v) is 11.6. The van der Waals surface area contributed by atoms with Crippen LogP contribution < -0.4 is 10.1 Å². The average Bonchev–Trinajstić information content (AvgIpc) is 3.22. The number of thiazole rings is 1. The maximum atomic E-state index is 12.7. The molecule has 1 aromatic carbocycles. The van der Waals surface area contributed by atoms with Crippen LogP contribution in [0.5, 0.6) is 5.75 Å². The van der Waals surface area contributed by atoms with Crippen LogP contribution in [0, 0.1) is 17.2 Å². The summed E-state index contributed by atoms with van der Waals surface area (Å²) in [6.45, 7) is 6.05. The van der Waals surface area contributed by atoms with Gasteiger partial charge in [-0.2, -0.15) is 5.26 Å². The molecule has 0 spiro atoms. The van der Waals surface area contributed by atoms with E-state index in [-0.39, 0.29) is 5.91 Å². The second kappa shape index (κ2) is 10.4. The monoisotopic (exact) mass is 452 g/mol. The van der Waals surface area contributed by atoms with Gasteiger partial charge in [0.2, 0.25) is 5.91 Å². The molecule has 0 fully saturated rings. The topological polar surface area (TPSA) is 87.9 Å². The SMILES string of the molecule is COc1ccc(-c2csc(NC(=O)C(C)Sc3nc(CC(C)C)ccc3C#N)n2)cc1. The second-order valence-corrected chi connectivity index (χ2v) is 9.57. The molecule has 31 heavy (non-hydrogen) atoms. The first-order chi connectivity index (χ1) is 14.9. The predicted octanol–water partition coefficient (Wildman–Crippen LogP) is 5.40. The molecule has 8 heteroatoms. The number of amides is 1. The lowest BCUT2D eigenvalue weighted by Crippen LogP contribution is -2.22. The van der Waals surface area contributed by atoms with E-state index in [1.807, 2.05) is 35.7 Å². The van der Waals surface area contributed by atoms with Crippen molar-refractivity contribution in [2.45, 2.75) is 37.5 Å². The summed E-state index contributed by atoms with van der Waals surface area (Å²) in [6.07, 6.45) is 0.826. The van der Waals surface area contributed by atoms with Crippen LogP contribution in [0.25, 0.3) is 11.3 Å². The van der Waals surface area contributed by atoms with Gasteiger partial charge in [0.1, 0.15) is 16.8 Å². The summed E-state index contributed by atoms with van der Waals surface area (Å²) in [6, 6.07) is 13.4. The number of ether oxygens (including phenoxy) is 1. The number of carbonyl (C=O) groups is 1. The Hall–Kier alpha value is -2.89. The van der Waals surface area contributed by atoms with Gasteiger partial charge in [0.15, 0.2) is 5.13 Å². The zero-order valence-corrected chi connectivity index (χ0v) is 19.5. The van der Waals surface area contributed by atoms with Crippen LogP contribution in [0.3, 0.4) is 0 Å². The number of carbonyl (C=O) groups excluding carboxylic acids is 1. The van der Waals surface area contributed by atoms with Crippen molar-refractivity contribution in [2.24, 2.45) is 5.92 Å². The Morgan fingerprint density at radius 2 is 1.94 bits per heavy atom. The van der Waals surface area contributed by atoms with Crippen LogP contribution in [0.2, 0.25) is 0 Å². The van der Waals surface area contributed by atoms with E-state index in [9.17, 15) is 10.1 Å². The van der Waals surface area contributed by atoms with E-state index in [0.29, 0.717) is 21.6 Å². The number of nitrogens with one attached hydrogen (secondary N) is 1. The minimum absolute atomic E-state index is 0.180. The number of methoxy groups -OCH3 is 1. The summed E-state index contributed by atoms with van der Waals surface area (Å²) in [4.78, 5) is 21.8. The highest BCUT2D eigenvalue weighted by Gasteiger charge is 2.19. The van der Waals surface area contributed by atoms with Crippen LogP contribution >= 0.6 is 23.1 Å². The van der Waals surface area contributed by atoms with Gasteiger partial charge in [-0.25, -0.2) is 9.97 Å². The lowest BCUT2D eigenvalue weighted by atomic mass is 10.1. The number of anilines is 1. The van der Waals surface area contributed by atoms with Gasteiger partial charge in [0, 0.05) is 16.6 Å². The van der Waals surface area contributed by atoms with E-state index >= 15 is 0 Å². The molecular weight excluding hydrogens is 428 g/mol. The summed E-state index contributed by atoms with van der Waals surface area (Å²) >= 11 is 2.66. The molecule has 0 aliphatic carbocycles. The molecule has 0 aliphatic heterocycles. The Kier molecular flexibility index (Phi) is 7.66. The van der Waals surface area contributed by atoms with E-state index in [4.69, 9.17) is 4.74 Å². The summed E-state index contributed by atoms with van der Waals surface area (Å²) in [5.41, 5.74) is 3.14. The fourth-order valence-electron chi connectivity index (χ4n) is 2.84. The van der Waals surface area contributed by atoms with Gasteiger partial charge in [-0.05, 0) is 55.7 Å². The van der Waals surface area contributed by atoms with Crippen molar-refractivity contribution in [3.63, 3.8) is 0 Å². The quantitative estimate of drug-likeness (QED) is 0.460. The number of benzene rings is 1. The van der Waals surface area contributed by atoms with E-state index in [2.05, 4.69) is 35.2 Å². The van der Waals surface area contributed by atoms with Crippen molar-refractivity contribution in [1.82, 2.24) is 9.97 Å². The number of hydrogen-bond donors (Lipinski definition) is 1. The Labute approximate surface area is 190 Å². The molecule has 3 rings (SSSR count). The van der Waals surface area contributed by atoms with Gasteiger partial charge in [-0.15, -0.1) is 11.3 Å². The number of nitrogens with zero attached hydrogens (tertiary/aromatic N) is 3. The van der Waals surface area contributed by atoms with Gasteiger partial charge in [-0.3, -0.25) is 4.79 Å². The van der Waals surface area contributed by atoms with E-state index < -0.39 is 5.25 Å². The molecule has 0 aliphatic rings. The average molecular weight is 453 g/mol. The van der Waals surface area contributed by atoms with E-state index in [1.165, 1.54) is 23.1 Å². The Morgan fingerprint density at radius 1 is 1.19 bits per heavy atom. The maximum absolute atomic E-state index is 12.7. The Morgan fingerprint density at radius 3 is 2.58 bits per heavy atom. The van der Waals surface area contributed by atoms with Crippen molar-refractivity contribution in [1.29, 1.82) is 5.26 Å². The van der Waals surface area contributed by atoms with Crippen molar-refractivity contribution >= 4 is 34.1 Å². The zero-order valence-electron chi connectivity index (χ0n) is 17.9. The van der Waals surface area contributed by atoms with Gasteiger partial charge in [0.25, 0.3) is 0 Å². The summed E-state index contributed by atoms with van der Waals surface area (Å²) in [5.74, 6) is 1.06. The van der Waals surface area contributed by atoms with Crippen LogP contribution in [0.4, 0.5) is 5.13 Å². The Bertz CT molecular complexity index is 1090. The molecule has 1 unspecified atom stereocenters. The maximum Gasteiger partial charge on any atom is 0.239 e. The van der Waals surface area contributed by atoms with Crippen LogP contribution in [-0.2, 0) is 11.2 Å². The third-order valence-corrected chi connectivity index (χ3v) is 6.29. The van der Waals surface area contributed by atoms with Crippen molar-refractivity contribution in [3.8, 4) is 23.1 Å². The standard InChI is InChI=1S/C23H24N4O2S2/c1-14(2)11-18-8-5-17(12-24)22(25-18)31-15(3)21(28)27-23-26-20(13-30-23)16-6-9-19(29-4)10-7-16/h5-10,13-15H,11H2,1-4H3,(H,26,27,28). The molecule has 160 valence electrons. The zero-order chi connectivity index (χ0) is 22.4. The number of pyridine rings is 1. The molecule has 1 atom stereocenters. The second-order valence-electron chi connectivity index (χ2n) is 7.38. The van der Waals surface area contributed by atoms with Crippen molar-refractivity contribution in [2.75, 3.05) is 12.4 Å². The van der Waals surface area contributed by atoms with Crippen LogP contribution in [0.1, 0.15) is 32.0 Å². The Balaban J connectivity index is 1.67.